The van der Waals surface area contributed by atoms with Crippen molar-refractivity contribution in [2.75, 3.05) is 49.5 Å². The van der Waals surface area contributed by atoms with E-state index in [1.165, 1.54) is 33.6 Å². The Kier molecular flexibility index (Phi) is 12.8. The molecule has 7 aromatic rings. The smallest absolute Gasteiger partial charge is 0.273 e. The lowest BCUT2D eigenvalue weighted by Crippen LogP contribution is -2.09. The highest BCUT2D eigenvalue weighted by Gasteiger charge is 2.20. The maximum Gasteiger partial charge on any atom is 0.273 e. The molecule has 0 atom stereocenters. The summed E-state index contributed by atoms with van der Waals surface area (Å²) < 4.78 is 68.7. The third kappa shape index (κ3) is 9.28. The fraction of sp³-hybridized carbons (Fsp3) is 0.176. The number of nitro groups is 3. The molecule has 0 aliphatic heterocycles. The number of aryl methyl sites for hydroxylation is 2. The molecular formula is C34H31F5N14O6. The highest BCUT2D eigenvalue weighted by molar-refractivity contribution is 5.94. The number of non-ortho nitro benzene ring substituents is 3. The molecule has 25 heteroatoms. The number of nitrogens with one attached hydrogen (secondary N) is 1. The van der Waals surface area contributed by atoms with Gasteiger partial charge in [-0.05, 0) is 12.1 Å². The number of fused-ring (bicyclic) bond motifs is 3. The van der Waals surface area contributed by atoms with Crippen molar-refractivity contribution < 1.29 is 36.7 Å². The van der Waals surface area contributed by atoms with E-state index in [1.807, 2.05) is 19.0 Å². The molecule has 0 bridgehead atoms. The molecule has 0 aliphatic carbocycles. The van der Waals surface area contributed by atoms with Crippen molar-refractivity contribution in [3.05, 3.63) is 114 Å². The largest absolute Gasteiger partial charge is 0.399 e. The normalized spacial score (nSPS) is 10.5. The van der Waals surface area contributed by atoms with Crippen LogP contribution in [0, 0.1) is 70.8 Å². The van der Waals surface area contributed by atoms with Crippen LogP contribution in [0.1, 0.15) is 5.56 Å². The summed E-state index contributed by atoms with van der Waals surface area (Å²) in [4.78, 5) is 32.5. The Hall–Kier alpha value is -8.17. The molecule has 308 valence electrons. The van der Waals surface area contributed by atoms with Gasteiger partial charge in [0, 0.05) is 71.6 Å². The van der Waals surface area contributed by atoms with Crippen molar-refractivity contribution in [2.45, 2.75) is 0 Å². The van der Waals surface area contributed by atoms with Crippen molar-refractivity contribution in [3.63, 3.8) is 0 Å². The second-order valence-corrected chi connectivity index (χ2v) is 12.5. The van der Waals surface area contributed by atoms with Gasteiger partial charge in [0.2, 0.25) is 0 Å². The van der Waals surface area contributed by atoms with Crippen molar-refractivity contribution >= 4 is 72.9 Å². The van der Waals surface area contributed by atoms with Gasteiger partial charge >= 0.3 is 0 Å². The molecule has 0 unspecified atom stereocenters. The van der Waals surface area contributed by atoms with Crippen LogP contribution in [0.3, 0.4) is 0 Å². The van der Waals surface area contributed by atoms with Crippen LogP contribution < -0.4 is 21.3 Å². The molecule has 7 rings (SSSR count). The molecule has 0 amide bonds. The van der Waals surface area contributed by atoms with Gasteiger partial charge in [-0.3, -0.25) is 44.8 Å². The van der Waals surface area contributed by atoms with Crippen molar-refractivity contribution in [1.29, 1.82) is 5.26 Å². The first kappa shape index (κ1) is 43.6. The fourth-order valence-corrected chi connectivity index (χ4v) is 5.41. The molecule has 3 aromatic heterocycles. The predicted octanol–water partition coefficient (Wildman–Crippen LogP) is 5.98. The van der Waals surface area contributed by atoms with E-state index in [0.717, 1.165) is 23.3 Å². The van der Waals surface area contributed by atoms with Crippen LogP contribution in [-0.4, -0.2) is 72.7 Å². The molecule has 0 saturated heterocycles. The summed E-state index contributed by atoms with van der Waals surface area (Å²) >= 11 is 0. The van der Waals surface area contributed by atoms with Gasteiger partial charge in [-0.2, -0.15) is 20.6 Å². The number of H-pyrrole nitrogens is 1. The lowest BCUT2D eigenvalue weighted by molar-refractivity contribution is -0.385. The zero-order valence-corrected chi connectivity index (χ0v) is 31.5. The molecule has 3 heterocycles. The Labute approximate surface area is 327 Å². The highest BCUT2D eigenvalue weighted by atomic mass is 19.2. The van der Waals surface area contributed by atoms with Gasteiger partial charge in [0.25, 0.3) is 17.1 Å². The topological polar surface area (TPSA) is 276 Å². The van der Waals surface area contributed by atoms with Crippen molar-refractivity contribution in [1.82, 2.24) is 29.8 Å². The number of nitriles is 1. The Bertz CT molecular complexity index is 2810. The third-order valence-corrected chi connectivity index (χ3v) is 8.00. The Morgan fingerprint density at radius 2 is 1.08 bits per heavy atom. The van der Waals surface area contributed by atoms with Gasteiger partial charge in [0.1, 0.15) is 22.6 Å². The minimum atomic E-state index is -1.40. The van der Waals surface area contributed by atoms with Gasteiger partial charge in [-0.25, -0.2) is 22.0 Å². The number of benzene rings is 4. The molecule has 0 saturated carbocycles. The zero-order valence-electron chi connectivity index (χ0n) is 31.5. The summed E-state index contributed by atoms with van der Waals surface area (Å²) in [5.74, 6) is -3.21. The van der Waals surface area contributed by atoms with Crippen LogP contribution in [0.4, 0.5) is 62.2 Å². The SMILES string of the molecule is CN(C)c1nn(C)c2c(F)cc(N)cc12.CN(C)c1nn(C)c2c(F)cc([N+](=O)[O-])cc12.N#Cc1cc([N+](=O)[O-])cc(F)c1F.Nc1n[nH]c2c(F)cc([N+](=O)[O-])cc12. The first-order valence-corrected chi connectivity index (χ1v) is 16.3. The quantitative estimate of drug-likeness (QED) is 0.0779. The van der Waals surface area contributed by atoms with E-state index < -0.39 is 49.3 Å². The number of nitrogens with two attached hydrogens (primary N) is 2. The van der Waals surface area contributed by atoms with Gasteiger partial charge in [0.05, 0.1) is 49.3 Å². The Morgan fingerprint density at radius 1 is 0.661 bits per heavy atom. The summed E-state index contributed by atoms with van der Waals surface area (Å²) in [6, 6.07) is 9.70. The van der Waals surface area contributed by atoms with Crippen molar-refractivity contribution in [3.8, 4) is 6.07 Å². The number of nitro benzene ring substituents is 3. The van der Waals surface area contributed by atoms with Crippen LogP contribution in [0.25, 0.3) is 32.7 Å². The first-order valence-electron chi connectivity index (χ1n) is 16.3. The predicted molar refractivity (Wildman–Crippen MR) is 206 cm³/mol. The number of rotatable bonds is 5. The van der Waals surface area contributed by atoms with Gasteiger partial charge in [0.15, 0.2) is 46.5 Å². The van der Waals surface area contributed by atoms with E-state index in [2.05, 4.69) is 20.4 Å². The minimum Gasteiger partial charge on any atom is -0.399 e. The van der Waals surface area contributed by atoms with E-state index in [9.17, 15) is 52.3 Å². The first-order chi connectivity index (χ1) is 27.6. The number of hydrogen-bond donors (Lipinski definition) is 3. The number of hydrogen-bond acceptors (Lipinski definition) is 14. The summed E-state index contributed by atoms with van der Waals surface area (Å²) in [5, 5.41) is 55.1. The molecule has 0 aliphatic rings. The molecule has 20 nitrogen and oxygen atoms in total. The monoisotopic (exact) mass is 826 g/mol. The molecular weight excluding hydrogens is 795 g/mol. The number of nitrogens with zero attached hydrogens (tertiary/aromatic N) is 11. The number of halogens is 5. The van der Waals surface area contributed by atoms with Gasteiger partial charge in [-0.15, -0.1) is 0 Å². The number of nitrogen functional groups attached to an aromatic ring is 2. The van der Waals surface area contributed by atoms with E-state index in [-0.39, 0.29) is 39.4 Å². The maximum atomic E-state index is 13.8. The molecule has 59 heavy (non-hydrogen) atoms. The summed E-state index contributed by atoms with van der Waals surface area (Å²) in [6.45, 7) is 0. The Morgan fingerprint density at radius 3 is 1.56 bits per heavy atom. The van der Waals surface area contributed by atoms with Crippen LogP contribution in [-0.2, 0) is 14.1 Å². The average molecular weight is 827 g/mol. The summed E-state index contributed by atoms with van der Waals surface area (Å²) in [5.41, 5.74) is 10.3. The van der Waals surface area contributed by atoms with Crippen LogP contribution in [0.2, 0.25) is 0 Å². The number of anilines is 4. The summed E-state index contributed by atoms with van der Waals surface area (Å²) in [7, 11) is 10.5. The molecule has 5 N–H and O–H groups in total. The average Bonchev–Trinajstić information content (AvgIpc) is 3.82. The molecule has 0 radical (unpaired) electrons. The second kappa shape index (κ2) is 17.3. The van der Waals surface area contributed by atoms with Gasteiger partial charge in [-0.1, -0.05) is 0 Å². The third-order valence-electron chi connectivity index (χ3n) is 8.00. The lowest BCUT2D eigenvalue weighted by Gasteiger charge is -2.08. The van der Waals surface area contributed by atoms with Crippen LogP contribution in [0.15, 0.2) is 48.5 Å². The lowest BCUT2D eigenvalue weighted by atomic mass is 10.2. The zero-order chi connectivity index (χ0) is 44.2. The Balaban J connectivity index is 0.000000175. The maximum absolute atomic E-state index is 13.8. The van der Waals surface area contributed by atoms with E-state index in [1.54, 1.807) is 39.2 Å². The van der Waals surface area contributed by atoms with E-state index >= 15 is 0 Å². The highest BCUT2D eigenvalue weighted by Crippen LogP contribution is 2.31. The molecule has 0 fully saturated rings. The molecule has 4 aromatic carbocycles. The van der Waals surface area contributed by atoms with E-state index in [0.29, 0.717) is 34.5 Å². The molecule has 0 spiro atoms. The van der Waals surface area contributed by atoms with Crippen molar-refractivity contribution in [2.24, 2.45) is 14.1 Å². The van der Waals surface area contributed by atoms with Crippen LogP contribution >= 0.6 is 0 Å². The standard InChI is InChI=1S/C10H11FN4O2.C10H13FN4.C7H2F2N2O2.C7H5FN4O2/c1-13(2)10-7-4-6(15(16)17)5-8(11)9(7)14(3)12-10;1-14(2)10-7-4-6(12)5-8(11)9(7)15(3)13-10;8-6-2-5(11(12)13)1-4(3-10)7(6)9;8-5-2-3(12(13)14)1-4-6(5)10-11-7(4)9/h4-5H,1-3H3;4-5H,12H2,1-3H3;1-2H;1-2H,(H3,9,10,11). The summed E-state index contributed by atoms with van der Waals surface area (Å²) in [6.07, 6.45) is 0. The second-order valence-electron chi connectivity index (χ2n) is 12.5. The number of aromatic amines is 1. The van der Waals surface area contributed by atoms with E-state index in [4.69, 9.17) is 16.7 Å². The van der Waals surface area contributed by atoms with Gasteiger partial charge < -0.3 is 21.3 Å². The van der Waals surface area contributed by atoms with Crippen LogP contribution in [0.5, 0.6) is 0 Å². The number of aromatic nitrogens is 6. The fourth-order valence-electron chi connectivity index (χ4n) is 5.41. The minimum absolute atomic E-state index is 0.0441.